The minimum atomic E-state index is -1.87. The van der Waals surface area contributed by atoms with E-state index in [0.717, 1.165) is 15.9 Å². The second kappa shape index (κ2) is 7.80. The molecule has 5 N–H and O–H groups in total. The first-order valence-corrected chi connectivity index (χ1v) is 7.49. The second-order valence-electron chi connectivity index (χ2n) is 4.70. The summed E-state index contributed by atoms with van der Waals surface area (Å²) >= 11 is 1.27. The molecule has 24 heavy (non-hydrogen) atoms. The van der Waals surface area contributed by atoms with Crippen molar-refractivity contribution in [1.82, 2.24) is 30.5 Å². The van der Waals surface area contributed by atoms with Crippen LogP contribution < -0.4 is 10.6 Å². The van der Waals surface area contributed by atoms with E-state index in [0.29, 0.717) is 5.13 Å². The first-order valence-electron chi connectivity index (χ1n) is 6.68. The quantitative estimate of drug-likeness (QED) is 0.325. The van der Waals surface area contributed by atoms with Crippen molar-refractivity contribution in [3.05, 3.63) is 16.9 Å². The Morgan fingerprint density at radius 3 is 2.67 bits per heavy atom. The number of aromatic nitrogens is 5. The standard InChI is InChI=1S/C10H14BN7O5S/c1-5-14-16-10(24-5)12-2-8(19)13-7(11(22)23)4-18-3-6(9(20)21)15-17-18/h3,7,22-23H,2,4H2,1H3,(H,12,16)(H,13,19)(H,20,21). The highest BCUT2D eigenvalue weighted by atomic mass is 32.1. The predicted octanol–water partition coefficient (Wildman–Crippen LogP) is -2.25. The van der Waals surface area contributed by atoms with Crippen LogP contribution in [0.4, 0.5) is 5.13 Å². The number of rotatable bonds is 8. The maximum atomic E-state index is 11.9. The third-order valence-corrected chi connectivity index (χ3v) is 3.57. The van der Waals surface area contributed by atoms with Crippen LogP contribution in [0.3, 0.4) is 0 Å². The van der Waals surface area contributed by atoms with Crippen LogP contribution in [0.1, 0.15) is 15.5 Å². The van der Waals surface area contributed by atoms with Crippen molar-refractivity contribution < 1.29 is 24.7 Å². The zero-order chi connectivity index (χ0) is 17.7. The molecular formula is C10H14BN7O5S. The van der Waals surface area contributed by atoms with Crippen LogP contribution in [-0.2, 0) is 11.3 Å². The van der Waals surface area contributed by atoms with E-state index in [2.05, 4.69) is 31.1 Å². The number of aryl methyl sites for hydroxylation is 1. The van der Waals surface area contributed by atoms with Gasteiger partial charge in [-0.2, -0.15) is 0 Å². The molecule has 12 nitrogen and oxygen atoms in total. The maximum absolute atomic E-state index is 11.9. The van der Waals surface area contributed by atoms with E-state index in [1.165, 1.54) is 11.3 Å². The van der Waals surface area contributed by atoms with Gasteiger partial charge in [-0.25, -0.2) is 4.79 Å². The Labute approximate surface area is 139 Å². The molecule has 0 radical (unpaired) electrons. The van der Waals surface area contributed by atoms with Crippen molar-refractivity contribution in [1.29, 1.82) is 0 Å². The van der Waals surface area contributed by atoms with Crippen LogP contribution in [0.15, 0.2) is 6.20 Å². The number of nitrogens with one attached hydrogen (secondary N) is 2. The number of carbonyl (C=O) groups excluding carboxylic acids is 1. The SMILES string of the molecule is Cc1nnc(NCC(=O)NC(Cn2cc(C(=O)O)nn2)B(O)O)s1. The maximum Gasteiger partial charge on any atom is 0.477 e. The molecule has 128 valence electrons. The third kappa shape index (κ3) is 4.97. The number of hydrogen-bond donors (Lipinski definition) is 5. The Morgan fingerprint density at radius 1 is 1.38 bits per heavy atom. The minimum Gasteiger partial charge on any atom is -0.476 e. The molecule has 14 heteroatoms. The molecule has 2 rings (SSSR count). The molecule has 2 aromatic rings. The Hall–Kier alpha value is -2.58. The summed E-state index contributed by atoms with van der Waals surface area (Å²) in [5.74, 6) is -2.87. The normalized spacial score (nSPS) is 11.8. The van der Waals surface area contributed by atoms with E-state index < -0.39 is 24.9 Å². The van der Waals surface area contributed by atoms with Crippen molar-refractivity contribution in [3.63, 3.8) is 0 Å². The summed E-state index contributed by atoms with van der Waals surface area (Å²) in [4.78, 5) is 22.6. The lowest BCUT2D eigenvalue weighted by molar-refractivity contribution is -0.119. The van der Waals surface area contributed by atoms with Gasteiger partial charge in [-0.3, -0.25) is 9.48 Å². The van der Waals surface area contributed by atoms with Gasteiger partial charge in [0.1, 0.15) is 5.01 Å². The van der Waals surface area contributed by atoms with Crippen LogP contribution in [0, 0.1) is 6.92 Å². The molecule has 0 spiro atoms. The van der Waals surface area contributed by atoms with Crippen molar-refractivity contribution >= 4 is 35.5 Å². The summed E-state index contributed by atoms with van der Waals surface area (Å²) in [6, 6.07) is 0. The van der Waals surface area contributed by atoms with Gasteiger partial charge in [0.15, 0.2) is 5.69 Å². The van der Waals surface area contributed by atoms with E-state index in [1.807, 2.05) is 0 Å². The van der Waals surface area contributed by atoms with Gasteiger partial charge in [-0.15, -0.1) is 15.3 Å². The number of carbonyl (C=O) groups is 2. The molecule has 0 aliphatic carbocycles. The number of anilines is 1. The van der Waals surface area contributed by atoms with Crippen LogP contribution in [0.25, 0.3) is 0 Å². The molecule has 0 saturated carbocycles. The fraction of sp³-hybridized carbons (Fsp3) is 0.400. The number of nitrogens with zero attached hydrogens (tertiary/aromatic N) is 5. The van der Waals surface area contributed by atoms with Crippen LogP contribution >= 0.6 is 11.3 Å². The summed E-state index contributed by atoms with van der Waals surface area (Å²) in [6.45, 7) is 1.46. The van der Waals surface area contributed by atoms with E-state index in [9.17, 15) is 19.6 Å². The average Bonchev–Trinajstić information content (AvgIpc) is 3.13. The van der Waals surface area contributed by atoms with Gasteiger partial charge in [-0.05, 0) is 6.92 Å². The Kier molecular flexibility index (Phi) is 5.78. The minimum absolute atomic E-state index is 0.143. The van der Waals surface area contributed by atoms with Crippen molar-refractivity contribution in [2.75, 3.05) is 11.9 Å². The van der Waals surface area contributed by atoms with Gasteiger partial charge < -0.3 is 25.8 Å². The molecule has 2 heterocycles. The van der Waals surface area contributed by atoms with E-state index >= 15 is 0 Å². The molecule has 0 aliphatic heterocycles. The highest BCUT2D eigenvalue weighted by Gasteiger charge is 2.26. The largest absolute Gasteiger partial charge is 0.477 e. The molecule has 1 atom stereocenters. The zero-order valence-corrected chi connectivity index (χ0v) is 13.3. The van der Waals surface area contributed by atoms with Gasteiger partial charge in [0.25, 0.3) is 0 Å². The molecular weight excluding hydrogens is 341 g/mol. The number of carboxylic acid groups (broad SMARTS) is 1. The topological polar surface area (TPSA) is 175 Å². The molecule has 0 aliphatic rings. The van der Waals surface area contributed by atoms with Crippen molar-refractivity contribution in [2.45, 2.75) is 19.4 Å². The average molecular weight is 355 g/mol. The van der Waals surface area contributed by atoms with Crippen LogP contribution in [0.2, 0.25) is 0 Å². The second-order valence-corrected chi connectivity index (χ2v) is 5.88. The van der Waals surface area contributed by atoms with E-state index in [-0.39, 0.29) is 18.8 Å². The number of carboxylic acids is 1. The molecule has 2 aromatic heterocycles. The van der Waals surface area contributed by atoms with Gasteiger partial charge in [0.05, 0.1) is 25.2 Å². The molecule has 0 fully saturated rings. The summed E-state index contributed by atoms with van der Waals surface area (Å²) in [6.07, 6.45) is 1.12. The Balaban J connectivity index is 1.89. The van der Waals surface area contributed by atoms with Gasteiger partial charge >= 0.3 is 13.1 Å². The lowest BCUT2D eigenvalue weighted by Gasteiger charge is -2.17. The molecule has 0 aromatic carbocycles. The molecule has 0 bridgehead atoms. The third-order valence-electron chi connectivity index (χ3n) is 2.77. The van der Waals surface area contributed by atoms with E-state index in [4.69, 9.17) is 5.11 Å². The summed E-state index contributed by atoms with van der Waals surface area (Å²) < 4.78 is 1.09. The fourth-order valence-electron chi connectivity index (χ4n) is 1.68. The van der Waals surface area contributed by atoms with Gasteiger partial charge in [-0.1, -0.05) is 16.6 Å². The number of aromatic carboxylic acids is 1. The Bertz CT molecular complexity index is 720. The zero-order valence-electron chi connectivity index (χ0n) is 12.4. The summed E-state index contributed by atoms with van der Waals surface area (Å²) in [5, 5.41) is 48.3. The molecule has 1 unspecified atom stereocenters. The summed E-state index contributed by atoms with van der Waals surface area (Å²) in [5.41, 5.74) is -0.291. The fourth-order valence-corrected chi connectivity index (χ4v) is 2.27. The van der Waals surface area contributed by atoms with Gasteiger partial charge in [0, 0.05) is 0 Å². The van der Waals surface area contributed by atoms with Crippen molar-refractivity contribution in [3.8, 4) is 0 Å². The monoisotopic (exact) mass is 355 g/mol. The van der Waals surface area contributed by atoms with E-state index in [1.54, 1.807) is 6.92 Å². The highest BCUT2D eigenvalue weighted by molar-refractivity contribution is 7.15. The lowest BCUT2D eigenvalue weighted by atomic mass is 9.79. The first-order chi connectivity index (χ1) is 11.3. The predicted molar refractivity (Wildman–Crippen MR) is 82.2 cm³/mol. The molecule has 0 saturated heterocycles. The lowest BCUT2D eigenvalue weighted by Crippen LogP contribution is -2.50. The first kappa shape index (κ1) is 17.8. The molecule has 1 amide bonds. The number of hydrogen-bond acceptors (Lipinski definition) is 10. The summed E-state index contributed by atoms with van der Waals surface area (Å²) in [7, 11) is -1.87. The van der Waals surface area contributed by atoms with Crippen LogP contribution in [-0.4, -0.2) is 71.8 Å². The number of amides is 1. The van der Waals surface area contributed by atoms with Crippen molar-refractivity contribution in [2.24, 2.45) is 0 Å². The van der Waals surface area contributed by atoms with Crippen LogP contribution in [0.5, 0.6) is 0 Å². The van der Waals surface area contributed by atoms with Gasteiger partial charge in [0.2, 0.25) is 11.0 Å². The Morgan fingerprint density at radius 2 is 2.12 bits per heavy atom. The smallest absolute Gasteiger partial charge is 0.476 e. The highest BCUT2D eigenvalue weighted by Crippen LogP contribution is 2.12.